The maximum absolute atomic E-state index is 9.08. The molecule has 2 aliphatic rings. The second kappa shape index (κ2) is 8.24. The van der Waals surface area contributed by atoms with E-state index in [2.05, 4.69) is 35.0 Å². The van der Waals surface area contributed by atoms with Gasteiger partial charge in [-0.05, 0) is 41.6 Å². The molecule has 2 aromatic carbocycles. The number of benzene rings is 2. The topological polar surface area (TPSA) is 98.0 Å². The molecule has 3 heterocycles. The van der Waals surface area contributed by atoms with Crippen LogP contribution in [0.3, 0.4) is 0 Å². The van der Waals surface area contributed by atoms with Crippen LogP contribution in [0.1, 0.15) is 12.0 Å². The van der Waals surface area contributed by atoms with E-state index < -0.39 is 10.1 Å². The molecule has 0 radical (unpaired) electrons. The fraction of sp³-hybridized carbons (Fsp3) is 0.318. The molecule has 3 aromatic rings. The molecule has 164 valence electrons. The molecular weight excluding hydrogens is 422 g/mol. The van der Waals surface area contributed by atoms with Gasteiger partial charge in [-0.3, -0.25) is 0 Å². The molecule has 0 atom stereocenters. The van der Waals surface area contributed by atoms with Gasteiger partial charge in [0.1, 0.15) is 6.54 Å². The molecule has 0 saturated heterocycles. The molecule has 5 rings (SSSR count). The quantitative estimate of drug-likeness (QED) is 0.442. The van der Waals surface area contributed by atoms with Crippen LogP contribution in [0.2, 0.25) is 0 Å². The fourth-order valence-electron chi connectivity index (χ4n) is 3.97. The molecule has 2 aliphatic heterocycles. The minimum Gasteiger partial charge on any atom is -0.748 e. The minimum atomic E-state index is -3.92. The monoisotopic (exact) mass is 445 g/mol. The van der Waals surface area contributed by atoms with Gasteiger partial charge in [0.2, 0.25) is 12.5 Å². The highest BCUT2D eigenvalue weighted by Gasteiger charge is 2.27. The van der Waals surface area contributed by atoms with Crippen molar-refractivity contribution in [3.63, 3.8) is 0 Å². The van der Waals surface area contributed by atoms with Gasteiger partial charge in [-0.15, -0.1) is 0 Å². The molecule has 0 spiro atoms. The maximum Gasteiger partial charge on any atom is 0.231 e. The number of aromatic nitrogens is 1. The lowest BCUT2D eigenvalue weighted by atomic mass is 9.99. The lowest BCUT2D eigenvalue weighted by Gasteiger charge is -2.11. The third-order valence-corrected chi connectivity index (χ3v) is 5.22. The smallest absolute Gasteiger partial charge is 0.231 e. The molecule has 0 N–H and O–H groups in total. The first kappa shape index (κ1) is 21.2. The zero-order valence-electron chi connectivity index (χ0n) is 17.5. The minimum absolute atomic E-state index is 0.299. The van der Waals surface area contributed by atoms with Crippen molar-refractivity contribution >= 4 is 20.9 Å². The molecule has 0 amide bonds. The Morgan fingerprint density at radius 2 is 1.77 bits per heavy atom. The molecule has 0 aliphatic carbocycles. The molecule has 8 nitrogen and oxygen atoms in total. The average Bonchev–Trinajstić information content (AvgIpc) is 3.10. The highest BCUT2D eigenvalue weighted by molar-refractivity contribution is 7.84. The van der Waals surface area contributed by atoms with Crippen LogP contribution < -0.4 is 23.5 Å². The third-order valence-electron chi connectivity index (χ3n) is 5.22. The van der Waals surface area contributed by atoms with Gasteiger partial charge < -0.3 is 23.5 Å². The molecule has 0 bridgehead atoms. The first-order chi connectivity index (χ1) is 14.8. The summed E-state index contributed by atoms with van der Waals surface area (Å²) in [6.07, 6.45) is 4.87. The Hall–Kier alpha value is -3.04. The number of pyridine rings is 1. The van der Waals surface area contributed by atoms with Gasteiger partial charge in [0.05, 0.1) is 35.3 Å². The van der Waals surface area contributed by atoms with Crippen molar-refractivity contribution in [2.45, 2.75) is 19.4 Å². The summed E-state index contributed by atoms with van der Waals surface area (Å²) in [7, 11) is -0.567. The second-order valence-electron chi connectivity index (χ2n) is 7.33. The molecule has 1 aromatic heterocycles. The molecule has 9 heteroatoms. The average molecular weight is 445 g/mol. The Morgan fingerprint density at radius 3 is 2.45 bits per heavy atom. The van der Waals surface area contributed by atoms with Gasteiger partial charge in [0, 0.05) is 18.7 Å². The van der Waals surface area contributed by atoms with E-state index in [4.69, 9.17) is 31.9 Å². The maximum atomic E-state index is 9.08. The Kier molecular flexibility index (Phi) is 5.63. The van der Waals surface area contributed by atoms with Crippen molar-refractivity contribution in [3.8, 4) is 34.3 Å². The molecule has 0 saturated carbocycles. The number of rotatable bonds is 2. The largest absolute Gasteiger partial charge is 0.748 e. The summed E-state index contributed by atoms with van der Waals surface area (Å²) < 4.78 is 51.8. The number of methoxy groups -OCH3 is 2. The number of hydrogen-bond acceptors (Lipinski definition) is 7. The van der Waals surface area contributed by atoms with Gasteiger partial charge in [-0.1, -0.05) is 0 Å². The van der Waals surface area contributed by atoms with E-state index in [-0.39, 0.29) is 0 Å². The van der Waals surface area contributed by atoms with Crippen LogP contribution in [-0.2, 0) is 23.1 Å². The van der Waals surface area contributed by atoms with Gasteiger partial charge in [-0.2, -0.15) is 4.57 Å². The van der Waals surface area contributed by atoms with Gasteiger partial charge in [-0.25, -0.2) is 8.42 Å². The van der Waals surface area contributed by atoms with Gasteiger partial charge in [0.25, 0.3) is 0 Å². The van der Waals surface area contributed by atoms with E-state index in [1.54, 1.807) is 14.2 Å². The number of hydrogen-bond donors (Lipinski definition) is 0. The standard InChI is InChI=1S/C21H20NO4.CH4O3S/c1-23-18-6-5-14-8-17-15-10-20-19(25-12-26-20)9-13(15)4-3-7-22(17)11-16(14)21(18)24-2;1-5(2,3)4/h5-6,8-11H,3-4,7,12H2,1-2H3;1H3,(H,2,3,4)/q+1;/p-1. The van der Waals surface area contributed by atoms with E-state index in [0.29, 0.717) is 13.0 Å². The summed E-state index contributed by atoms with van der Waals surface area (Å²) >= 11 is 0. The predicted molar refractivity (Wildman–Crippen MR) is 113 cm³/mol. The highest BCUT2D eigenvalue weighted by Crippen LogP contribution is 2.41. The molecule has 0 fully saturated rings. The highest BCUT2D eigenvalue weighted by atomic mass is 32.2. The van der Waals surface area contributed by atoms with Crippen molar-refractivity contribution in [1.29, 1.82) is 0 Å². The second-order valence-corrected chi connectivity index (χ2v) is 8.73. The molecular formula is C22H23NO7S. The van der Waals surface area contributed by atoms with E-state index in [9.17, 15) is 0 Å². The Morgan fingerprint density at radius 1 is 1.06 bits per heavy atom. The van der Waals surface area contributed by atoms with E-state index in [0.717, 1.165) is 53.2 Å². The van der Waals surface area contributed by atoms with Crippen LogP contribution in [0.25, 0.3) is 22.0 Å². The Balaban J connectivity index is 0.000000418. The summed E-state index contributed by atoms with van der Waals surface area (Å²) in [4.78, 5) is 0. The predicted octanol–water partition coefficient (Wildman–Crippen LogP) is 2.65. The summed E-state index contributed by atoms with van der Waals surface area (Å²) in [5.74, 6) is 3.20. The van der Waals surface area contributed by atoms with Crippen LogP contribution in [0.4, 0.5) is 0 Å². The van der Waals surface area contributed by atoms with Crippen LogP contribution in [0.5, 0.6) is 23.0 Å². The number of ether oxygens (including phenoxy) is 4. The summed E-state index contributed by atoms with van der Waals surface area (Å²) in [6, 6.07) is 10.5. The first-order valence-electron chi connectivity index (χ1n) is 9.70. The van der Waals surface area contributed by atoms with Crippen LogP contribution in [0.15, 0.2) is 36.5 Å². The third kappa shape index (κ3) is 4.38. The fourth-order valence-corrected chi connectivity index (χ4v) is 3.97. The Bertz CT molecular complexity index is 1250. The van der Waals surface area contributed by atoms with E-state index in [1.165, 1.54) is 16.8 Å². The normalized spacial score (nSPS) is 14.1. The summed E-state index contributed by atoms with van der Waals surface area (Å²) in [5, 5.41) is 2.18. The number of aryl methyl sites for hydroxylation is 2. The van der Waals surface area contributed by atoms with Crippen LogP contribution in [-0.4, -0.2) is 40.2 Å². The van der Waals surface area contributed by atoms with Crippen molar-refractivity contribution in [2.75, 3.05) is 27.3 Å². The first-order valence-corrected chi connectivity index (χ1v) is 11.5. The van der Waals surface area contributed by atoms with Crippen molar-refractivity contribution in [2.24, 2.45) is 0 Å². The lowest BCUT2D eigenvalue weighted by Crippen LogP contribution is -2.35. The van der Waals surface area contributed by atoms with Crippen molar-refractivity contribution < 1.29 is 36.5 Å². The Labute approximate surface area is 180 Å². The number of nitrogens with zero attached hydrogens (tertiary/aromatic N) is 1. The SMILES string of the molecule is COc1ccc2cc3[n+](cc2c1OC)CCCc1cc2c(cc1-3)OCO2.CS(=O)(=O)[O-]. The van der Waals surface area contributed by atoms with E-state index >= 15 is 0 Å². The van der Waals surface area contributed by atoms with Crippen LogP contribution in [0, 0.1) is 0 Å². The molecule has 31 heavy (non-hydrogen) atoms. The van der Waals surface area contributed by atoms with Crippen LogP contribution >= 0.6 is 0 Å². The van der Waals surface area contributed by atoms with E-state index in [1.807, 2.05) is 6.07 Å². The zero-order chi connectivity index (χ0) is 22.2. The van der Waals surface area contributed by atoms with Crippen molar-refractivity contribution in [1.82, 2.24) is 0 Å². The molecule has 0 unspecified atom stereocenters. The van der Waals surface area contributed by atoms with Crippen molar-refractivity contribution in [3.05, 3.63) is 42.1 Å². The van der Waals surface area contributed by atoms with Gasteiger partial charge in [0.15, 0.2) is 29.2 Å². The van der Waals surface area contributed by atoms with Gasteiger partial charge >= 0.3 is 0 Å². The summed E-state index contributed by atoms with van der Waals surface area (Å²) in [5.41, 5.74) is 3.71. The zero-order valence-corrected chi connectivity index (χ0v) is 18.3. The number of fused-ring (bicyclic) bond motifs is 5. The summed E-state index contributed by atoms with van der Waals surface area (Å²) in [6.45, 7) is 1.25. The lowest BCUT2D eigenvalue weighted by molar-refractivity contribution is -0.684.